The third kappa shape index (κ3) is 2.00. The topological polar surface area (TPSA) is 26.3 Å². The van der Waals surface area contributed by atoms with Gasteiger partial charge in [0.15, 0.2) is 0 Å². The summed E-state index contributed by atoms with van der Waals surface area (Å²) in [5.41, 5.74) is 0. The van der Waals surface area contributed by atoms with E-state index < -0.39 is 0 Å². The first kappa shape index (κ1) is 11.6. The third-order valence-electron chi connectivity index (χ3n) is 5.46. The van der Waals surface area contributed by atoms with Crippen LogP contribution in [0.4, 0.5) is 0 Å². The lowest BCUT2D eigenvalue weighted by molar-refractivity contribution is -0.155. The van der Waals surface area contributed by atoms with E-state index in [1.54, 1.807) is 0 Å². The summed E-state index contributed by atoms with van der Waals surface area (Å²) in [6, 6.07) is 0. The van der Waals surface area contributed by atoms with Crippen molar-refractivity contribution in [3.8, 4) is 0 Å². The van der Waals surface area contributed by atoms with Crippen molar-refractivity contribution in [1.82, 2.24) is 0 Å². The van der Waals surface area contributed by atoms with E-state index >= 15 is 0 Å². The Morgan fingerprint density at radius 2 is 1.47 bits per heavy atom. The molecule has 2 nitrogen and oxygen atoms in total. The maximum Gasteiger partial charge on any atom is 0.309 e. The van der Waals surface area contributed by atoms with E-state index in [1.807, 2.05) is 0 Å². The van der Waals surface area contributed by atoms with Crippen molar-refractivity contribution in [2.75, 3.05) is 0 Å². The number of esters is 1. The fraction of sp³-hybridized carbons (Fsp3) is 0.933. The predicted molar refractivity (Wildman–Crippen MR) is 66.5 cm³/mol. The largest absolute Gasteiger partial charge is 0.462 e. The van der Waals surface area contributed by atoms with E-state index in [0.717, 1.165) is 12.3 Å². The summed E-state index contributed by atoms with van der Waals surface area (Å²) in [6.07, 6.45) is 10.5. The molecule has 3 rings (SSSR count). The lowest BCUT2D eigenvalue weighted by Gasteiger charge is -2.40. The lowest BCUT2D eigenvalue weighted by atomic mass is 9.64. The standard InChI is InChI=1S/C15H24O2/c1-10-11-6-2-3-7-12(11)13-8-4-5-9-14(13)17-15(10)16/h10-14H,2-9H2,1H3. The zero-order valence-corrected chi connectivity index (χ0v) is 10.9. The minimum absolute atomic E-state index is 0.0938. The summed E-state index contributed by atoms with van der Waals surface area (Å²) in [4.78, 5) is 12.1. The van der Waals surface area contributed by atoms with Gasteiger partial charge in [-0.3, -0.25) is 4.79 Å². The van der Waals surface area contributed by atoms with E-state index in [4.69, 9.17) is 4.74 Å². The van der Waals surface area contributed by atoms with Crippen molar-refractivity contribution in [2.24, 2.45) is 23.7 Å². The van der Waals surface area contributed by atoms with Gasteiger partial charge < -0.3 is 4.74 Å². The van der Waals surface area contributed by atoms with Crippen LogP contribution in [-0.4, -0.2) is 12.1 Å². The Morgan fingerprint density at radius 1 is 0.882 bits per heavy atom. The smallest absolute Gasteiger partial charge is 0.309 e. The molecule has 5 unspecified atom stereocenters. The summed E-state index contributed by atoms with van der Waals surface area (Å²) >= 11 is 0. The molecule has 0 bridgehead atoms. The van der Waals surface area contributed by atoms with Gasteiger partial charge in [-0.05, 0) is 49.9 Å². The minimum Gasteiger partial charge on any atom is -0.462 e. The van der Waals surface area contributed by atoms with Crippen molar-refractivity contribution < 1.29 is 9.53 Å². The van der Waals surface area contributed by atoms with Crippen LogP contribution >= 0.6 is 0 Å². The minimum atomic E-state index is 0.0938. The van der Waals surface area contributed by atoms with Crippen LogP contribution in [-0.2, 0) is 9.53 Å². The molecule has 0 aromatic heterocycles. The zero-order valence-electron chi connectivity index (χ0n) is 10.9. The molecule has 2 aliphatic carbocycles. The van der Waals surface area contributed by atoms with Crippen LogP contribution in [0.15, 0.2) is 0 Å². The highest BCUT2D eigenvalue weighted by atomic mass is 16.5. The SMILES string of the molecule is CC1C(=O)OC2CCCCC2C2CCCCC12. The molecule has 0 spiro atoms. The molecule has 1 heterocycles. The summed E-state index contributed by atoms with van der Waals surface area (Å²) in [6.45, 7) is 2.10. The van der Waals surface area contributed by atoms with Crippen LogP contribution in [0.2, 0.25) is 0 Å². The first-order chi connectivity index (χ1) is 8.27. The first-order valence-electron chi connectivity index (χ1n) is 7.48. The second-order valence-electron chi connectivity index (χ2n) is 6.32. The van der Waals surface area contributed by atoms with Crippen molar-refractivity contribution >= 4 is 5.97 Å². The Morgan fingerprint density at radius 3 is 2.24 bits per heavy atom. The number of hydrogen-bond acceptors (Lipinski definition) is 2. The lowest BCUT2D eigenvalue weighted by Crippen LogP contribution is -2.36. The molecule has 1 saturated heterocycles. The van der Waals surface area contributed by atoms with E-state index in [-0.39, 0.29) is 18.0 Å². The van der Waals surface area contributed by atoms with Gasteiger partial charge in [-0.2, -0.15) is 0 Å². The maximum atomic E-state index is 12.1. The third-order valence-corrected chi connectivity index (χ3v) is 5.46. The van der Waals surface area contributed by atoms with Crippen molar-refractivity contribution in [3.63, 3.8) is 0 Å². The molecule has 0 aromatic rings. The van der Waals surface area contributed by atoms with E-state index in [2.05, 4.69) is 6.92 Å². The molecule has 2 heteroatoms. The zero-order chi connectivity index (χ0) is 11.8. The van der Waals surface area contributed by atoms with Crippen molar-refractivity contribution in [1.29, 1.82) is 0 Å². The van der Waals surface area contributed by atoms with E-state index in [0.29, 0.717) is 11.8 Å². The Labute approximate surface area is 104 Å². The molecule has 0 amide bonds. The van der Waals surface area contributed by atoms with Gasteiger partial charge >= 0.3 is 5.97 Å². The second-order valence-corrected chi connectivity index (χ2v) is 6.32. The van der Waals surface area contributed by atoms with E-state index in [9.17, 15) is 4.79 Å². The van der Waals surface area contributed by atoms with E-state index in [1.165, 1.54) is 44.9 Å². The Kier molecular flexibility index (Phi) is 3.14. The van der Waals surface area contributed by atoms with Gasteiger partial charge in [0, 0.05) is 0 Å². The monoisotopic (exact) mass is 236 g/mol. The summed E-state index contributed by atoms with van der Waals surface area (Å²) in [7, 11) is 0. The second kappa shape index (κ2) is 4.62. The molecular weight excluding hydrogens is 212 g/mol. The number of fused-ring (bicyclic) bond motifs is 3. The Balaban J connectivity index is 1.88. The highest BCUT2D eigenvalue weighted by molar-refractivity contribution is 5.73. The van der Waals surface area contributed by atoms with Gasteiger partial charge in [0.2, 0.25) is 0 Å². The average molecular weight is 236 g/mol. The normalized spacial score (nSPS) is 46.4. The summed E-state index contributed by atoms with van der Waals surface area (Å²) in [5, 5.41) is 0. The number of carbonyl (C=O) groups excluding carboxylic acids is 1. The van der Waals surface area contributed by atoms with Gasteiger partial charge in [0.1, 0.15) is 6.10 Å². The highest BCUT2D eigenvalue weighted by Gasteiger charge is 2.45. The van der Waals surface area contributed by atoms with Gasteiger partial charge in [-0.25, -0.2) is 0 Å². The Hall–Kier alpha value is -0.530. The molecule has 17 heavy (non-hydrogen) atoms. The average Bonchev–Trinajstić information content (AvgIpc) is 2.48. The predicted octanol–water partition coefficient (Wildman–Crippen LogP) is 3.54. The summed E-state index contributed by atoms with van der Waals surface area (Å²) in [5.74, 6) is 2.31. The molecule has 1 aliphatic heterocycles. The molecule has 0 aromatic carbocycles. The van der Waals surface area contributed by atoms with Crippen LogP contribution in [0.3, 0.4) is 0 Å². The van der Waals surface area contributed by atoms with Crippen LogP contribution in [0.5, 0.6) is 0 Å². The number of hydrogen-bond donors (Lipinski definition) is 0. The number of carbonyl (C=O) groups is 1. The van der Waals surface area contributed by atoms with Gasteiger partial charge in [0.25, 0.3) is 0 Å². The Bertz CT molecular complexity index is 299. The molecule has 2 saturated carbocycles. The van der Waals surface area contributed by atoms with Crippen LogP contribution in [0.25, 0.3) is 0 Å². The molecule has 0 N–H and O–H groups in total. The van der Waals surface area contributed by atoms with Crippen molar-refractivity contribution in [2.45, 2.75) is 64.4 Å². The summed E-state index contributed by atoms with van der Waals surface area (Å²) < 4.78 is 5.78. The quantitative estimate of drug-likeness (QED) is 0.601. The number of rotatable bonds is 0. The van der Waals surface area contributed by atoms with Crippen molar-refractivity contribution in [3.05, 3.63) is 0 Å². The highest BCUT2D eigenvalue weighted by Crippen LogP contribution is 2.47. The molecule has 96 valence electrons. The van der Waals surface area contributed by atoms with Gasteiger partial charge in [-0.15, -0.1) is 0 Å². The molecule has 0 radical (unpaired) electrons. The van der Waals surface area contributed by atoms with Gasteiger partial charge in [0.05, 0.1) is 5.92 Å². The fourth-order valence-electron chi connectivity index (χ4n) is 4.53. The fourth-order valence-corrected chi connectivity index (χ4v) is 4.53. The molecule has 3 aliphatic rings. The van der Waals surface area contributed by atoms with Crippen LogP contribution in [0, 0.1) is 23.7 Å². The molecule has 5 atom stereocenters. The maximum absolute atomic E-state index is 12.1. The van der Waals surface area contributed by atoms with Gasteiger partial charge in [-0.1, -0.05) is 26.2 Å². The molecule has 3 fully saturated rings. The van der Waals surface area contributed by atoms with Crippen LogP contribution < -0.4 is 0 Å². The molecular formula is C15H24O2. The first-order valence-corrected chi connectivity index (χ1v) is 7.48. The van der Waals surface area contributed by atoms with Crippen LogP contribution in [0.1, 0.15) is 58.3 Å². The number of ether oxygens (including phenoxy) is 1.